The Morgan fingerprint density at radius 2 is 2.16 bits per heavy atom. The summed E-state index contributed by atoms with van der Waals surface area (Å²) in [6.07, 6.45) is 2.21. The molecule has 19 heavy (non-hydrogen) atoms. The van der Waals surface area contributed by atoms with Crippen LogP contribution >= 0.6 is 12.2 Å². The molecule has 108 valence electrons. The van der Waals surface area contributed by atoms with E-state index in [1.165, 1.54) is 0 Å². The molecule has 0 heterocycles. The van der Waals surface area contributed by atoms with Gasteiger partial charge in [-0.3, -0.25) is 9.59 Å². The molecule has 1 aliphatic rings. The number of nitrogens with two attached hydrogens (primary N) is 1. The fraction of sp³-hybridized carbons (Fsp3) is 0.750. The van der Waals surface area contributed by atoms with Crippen LogP contribution in [0, 0.1) is 5.92 Å². The molecule has 1 atom stereocenters. The Kier molecular flexibility index (Phi) is 6.17. The summed E-state index contributed by atoms with van der Waals surface area (Å²) in [6, 6.07) is 0.0539. The lowest BCUT2D eigenvalue weighted by atomic mass is 10.1. The lowest BCUT2D eigenvalue weighted by Gasteiger charge is -2.28. The fourth-order valence-electron chi connectivity index (χ4n) is 1.89. The molecule has 0 bridgehead atoms. The minimum Gasteiger partial charge on any atom is -0.392 e. The number of ether oxygens (including phenoxy) is 1. The van der Waals surface area contributed by atoms with Gasteiger partial charge < -0.3 is 20.7 Å². The Morgan fingerprint density at radius 1 is 1.53 bits per heavy atom. The molecular weight excluding hydrogens is 266 g/mol. The molecule has 0 spiro atoms. The second-order valence-electron chi connectivity index (χ2n) is 4.72. The van der Waals surface area contributed by atoms with Gasteiger partial charge in [0.15, 0.2) is 0 Å². The smallest absolute Gasteiger partial charge is 0.312 e. The predicted octanol–water partition coefficient (Wildman–Crippen LogP) is -0.338. The fourth-order valence-corrected chi connectivity index (χ4v) is 1.96. The van der Waals surface area contributed by atoms with Crippen molar-refractivity contribution in [3.8, 4) is 0 Å². The molecule has 1 fully saturated rings. The van der Waals surface area contributed by atoms with Crippen LogP contribution in [0.25, 0.3) is 0 Å². The summed E-state index contributed by atoms with van der Waals surface area (Å²) in [5, 5.41) is 2.42. The van der Waals surface area contributed by atoms with Crippen molar-refractivity contribution >= 4 is 29.0 Å². The van der Waals surface area contributed by atoms with Crippen LogP contribution in [0.5, 0.6) is 0 Å². The van der Waals surface area contributed by atoms with E-state index in [0.29, 0.717) is 19.1 Å². The molecule has 1 saturated carbocycles. The first-order valence-corrected chi connectivity index (χ1v) is 6.74. The van der Waals surface area contributed by atoms with Gasteiger partial charge in [-0.15, -0.1) is 0 Å². The largest absolute Gasteiger partial charge is 0.392 e. The van der Waals surface area contributed by atoms with E-state index in [1.807, 2.05) is 6.92 Å². The summed E-state index contributed by atoms with van der Waals surface area (Å²) in [7, 11) is 1.57. The topological polar surface area (TPSA) is 84.7 Å². The summed E-state index contributed by atoms with van der Waals surface area (Å²) < 4.78 is 4.98. The Labute approximate surface area is 118 Å². The van der Waals surface area contributed by atoms with Gasteiger partial charge in [-0.1, -0.05) is 12.2 Å². The third-order valence-corrected chi connectivity index (χ3v) is 3.35. The number of rotatable bonds is 7. The number of nitrogens with one attached hydrogen (secondary N) is 1. The second-order valence-corrected chi connectivity index (χ2v) is 5.24. The highest BCUT2D eigenvalue weighted by molar-refractivity contribution is 7.80. The van der Waals surface area contributed by atoms with Crippen LogP contribution in [0.2, 0.25) is 0 Å². The third kappa shape index (κ3) is 5.12. The Balaban J connectivity index is 2.58. The quantitative estimate of drug-likeness (QED) is 0.494. The van der Waals surface area contributed by atoms with Gasteiger partial charge in [0.05, 0.1) is 18.1 Å². The highest BCUT2D eigenvalue weighted by Gasteiger charge is 2.36. The first kappa shape index (κ1) is 15.8. The second kappa shape index (κ2) is 7.40. The number of nitrogens with zero attached hydrogens (tertiary/aromatic N) is 1. The van der Waals surface area contributed by atoms with Crippen molar-refractivity contribution in [1.29, 1.82) is 0 Å². The number of amides is 2. The van der Waals surface area contributed by atoms with Gasteiger partial charge in [0.1, 0.15) is 0 Å². The first-order valence-electron chi connectivity index (χ1n) is 6.33. The zero-order valence-electron chi connectivity index (χ0n) is 11.3. The van der Waals surface area contributed by atoms with Crippen LogP contribution in [0.3, 0.4) is 0 Å². The SMILES string of the molecule is COCCN(C(=O)C(=O)NCC(N)=S)C(C)C1CC1. The Bertz CT molecular complexity index is 358. The lowest BCUT2D eigenvalue weighted by molar-refractivity contribution is -0.147. The first-order chi connectivity index (χ1) is 8.97. The van der Waals surface area contributed by atoms with Gasteiger partial charge in [0, 0.05) is 19.7 Å². The zero-order valence-corrected chi connectivity index (χ0v) is 12.2. The van der Waals surface area contributed by atoms with Crippen LogP contribution in [0.15, 0.2) is 0 Å². The van der Waals surface area contributed by atoms with Crippen molar-refractivity contribution in [2.45, 2.75) is 25.8 Å². The van der Waals surface area contributed by atoms with E-state index >= 15 is 0 Å². The highest BCUT2D eigenvalue weighted by atomic mass is 32.1. The minimum absolute atomic E-state index is 0.0375. The number of methoxy groups -OCH3 is 1. The maximum Gasteiger partial charge on any atom is 0.312 e. The molecule has 2 amide bonds. The number of hydrogen-bond donors (Lipinski definition) is 2. The standard InChI is InChI=1S/C12H21N3O3S/c1-8(9-3-4-9)15(5-6-18-2)12(17)11(16)14-7-10(13)19/h8-9H,3-7H2,1-2H3,(H2,13,19)(H,14,16). The molecule has 1 aliphatic carbocycles. The lowest BCUT2D eigenvalue weighted by Crippen LogP contribution is -2.50. The van der Waals surface area contributed by atoms with Crippen LogP contribution in [-0.2, 0) is 14.3 Å². The summed E-state index contributed by atoms with van der Waals surface area (Å²) in [5.41, 5.74) is 5.29. The van der Waals surface area contributed by atoms with E-state index in [1.54, 1.807) is 12.0 Å². The van der Waals surface area contributed by atoms with Gasteiger partial charge in [0.2, 0.25) is 0 Å². The molecule has 1 unspecified atom stereocenters. The van der Waals surface area contributed by atoms with E-state index < -0.39 is 11.8 Å². The van der Waals surface area contributed by atoms with Crippen LogP contribution in [0.1, 0.15) is 19.8 Å². The maximum absolute atomic E-state index is 12.1. The molecule has 7 heteroatoms. The van der Waals surface area contributed by atoms with E-state index in [-0.39, 0.29) is 17.6 Å². The highest BCUT2D eigenvalue weighted by Crippen LogP contribution is 2.35. The van der Waals surface area contributed by atoms with E-state index in [2.05, 4.69) is 17.5 Å². The number of carbonyl (C=O) groups excluding carboxylic acids is 2. The molecule has 0 aromatic carbocycles. The van der Waals surface area contributed by atoms with Gasteiger partial charge >= 0.3 is 11.8 Å². The van der Waals surface area contributed by atoms with Gasteiger partial charge in [-0.25, -0.2) is 0 Å². The zero-order chi connectivity index (χ0) is 14.4. The average molecular weight is 287 g/mol. The molecule has 0 aliphatic heterocycles. The van der Waals surface area contributed by atoms with Crippen LogP contribution in [0.4, 0.5) is 0 Å². The molecule has 6 nitrogen and oxygen atoms in total. The van der Waals surface area contributed by atoms with Crippen molar-refractivity contribution in [2.24, 2.45) is 11.7 Å². The predicted molar refractivity (Wildman–Crippen MR) is 75.6 cm³/mol. The Hall–Kier alpha value is -1.21. The molecule has 0 saturated heterocycles. The molecular formula is C12H21N3O3S. The third-order valence-electron chi connectivity index (χ3n) is 3.21. The summed E-state index contributed by atoms with van der Waals surface area (Å²) in [5.74, 6) is -0.728. The number of hydrogen-bond acceptors (Lipinski definition) is 4. The molecule has 3 N–H and O–H groups in total. The number of thiocarbonyl (C=S) groups is 1. The monoisotopic (exact) mass is 287 g/mol. The summed E-state index contributed by atoms with van der Waals surface area (Å²) in [6.45, 7) is 2.82. The van der Waals surface area contributed by atoms with Gasteiger partial charge in [-0.05, 0) is 25.7 Å². The van der Waals surface area contributed by atoms with Crippen LogP contribution in [-0.4, -0.2) is 54.6 Å². The maximum atomic E-state index is 12.1. The van der Waals surface area contributed by atoms with Gasteiger partial charge in [0.25, 0.3) is 0 Å². The van der Waals surface area contributed by atoms with Crippen molar-refractivity contribution in [3.63, 3.8) is 0 Å². The van der Waals surface area contributed by atoms with Crippen molar-refractivity contribution in [2.75, 3.05) is 26.8 Å². The molecule has 0 radical (unpaired) electrons. The van der Waals surface area contributed by atoms with E-state index in [9.17, 15) is 9.59 Å². The molecule has 0 aromatic rings. The summed E-state index contributed by atoms with van der Waals surface area (Å²) in [4.78, 5) is 25.6. The van der Waals surface area contributed by atoms with Crippen LogP contribution < -0.4 is 11.1 Å². The van der Waals surface area contributed by atoms with Crippen molar-refractivity contribution < 1.29 is 14.3 Å². The Morgan fingerprint density at radius 3 is 2.63 bits per heavy atom. The van der Waals surface area contributed by atoms with Gasteiger partial charge in [-0.2, -0.15) is 0 Å². The number of carbonyl (C=O) groups is 2. The van der Waals surface area contributed by atoms with Crippen molar-refractivity contribution in [1.82, 2.24) is 10.2 Å². The normalized spacial score (nSPS) is 15.7. The summed E-state index contributed by atoms with van der Waals surface area (Å²) >= 11 is 4.66. The van der Waals surface area contributed by atoms with E-state index in [0.717, 1.165) is 12.8 Å². The minimum atomic E-state index is -0.670. The van der Waals surface area contributed by atoms with E-state index in [4.69, 9.17) is 10.5 Å². The molecule has 1 rings (SSSR count). The van der Waals surface area contributed by atoms with Crippen molar-refractivity contribution in [3.05, 3.63) is 0 Å². The average Bonchev–Trinajstić information content (AvgIpc) is 3.19. The molecule has 0 aromatic heterocycles.